The number of benzene rings is 2. The minimum Gasteiger partial charge on any atom is -0.452 e. The van der Waals surface area contributed by atoms with Gasteiger partial charge in [0.25, 0.3) is 0 Å². The minimum atomic E-state index is -0.514. The molecule has 4 nitrogen and oxygen atoms in total. The lowest BCUT2D eigenvalue weighted by atomic mass is 10.1. The predicted octanol–water partition coefficient (Wildman–Crippen LogP) is 5.24. The topological polar surface area (TPSA) is 52.6 Å². The predicted molar refractivity (Wildman–Crippen MR) is 100 cm³/mol. The monoisotopic (exact) mass is 382 g/mol. The molecule has 0 N–H and O–H groups in total. The van der Waals surface area contributed by atoms with E-state index in [1.165, 1.54) is 17.4 Å². The number of ether oxygens (including phenoxy) is 2. The molecular formula is C20H11ClO4S. The van der Waals surface area contributed by atoms with Gasteiger partial charge < -0.3 is 9.47 Å². The molecule has 1 aliphatic heterocycles. The van der Waals surface area contributed by atoms with Gasteiger partial charge in [0.15, 0.2) is 5.76 Å². The number of carbonyl (C=O) groups is 2. The first kappa shape index (κ1) is 16.6. The summed E-state index contributed by atoms with van der Waals surface area (Å²) in [6, 6.07) is 14.9. The number of fused-ring (bicyclic) bond motifs is 1. The van der Waals surface area contributed by atoms with Crippen molar-refractivity contribution in [3.63, 3.8) is 0 Å². The van der Waals surface area contributed by atoms with Crippen molar-refractivity contribution in [2.75, 3.05) is 0 Å². The van der Waals surface area contributed by atoms with Crippen LogP contribution in [-0.2, 0) is 0 Å². The van der Waals surface area contributed by atoms with Crippen LogP contribution < -0.4 is 9.47 Å². The average molecular weight is 383 g/mol. The molecule has 6 heteroatoms. The normalized spacial score (nSPS) is 14.2. The van der Waals surface area contributed by atoms with Crippen molar-refractivity contribution in [3.8, 4) is 11.5 Å². The van der Waals surface area contributed by atoms with Crippen molar-refractivity contribution in [2.45, 2.75) is 0 Å². The van der Waals surface area contributed by atoms with Crippen molar-refractivity contribution in [2.24, 2.45) is 0 Å². The summed E-state index contributed by atoms with van der Waals surface area (Å²) < 4.78 is 11.0. The molecule has 128 valence electrons. The number of ketones is 1. The second-order valence-corrected chi connectivity index (χ2v) is 6.93. The van der Waals surface area contributed by atoms with Crippen LogP contribution in [0, 0.1) is 0 Å². The fraction of sp³-hybridized carbons (Fsp3) is 0. The minimum absolute atomic E-state index is 0.191. The summed E-state index contributed by atoms with van der Waals surface area (Å²) in [5.74, 6) is 0.223. The van der Waals surface area contributed by atoms with Gasteiger partial charge in [-0.25, -0.2) is 4.79 Å². The van der Waals surface area contributed by atoms with Gasteiger partial charge in [-0.3, -0.25) is 4.79 Å². The Hall–Kier alpha value is -2.89. The highest BCUT2D eigenvalue weighted by atomic mass is 35.5. The van der Waals surface area contributed by atoms with Gasteiger partial charge in [-0.15, -0.1) is 11.3 Å². The number of hydrogen-bond donors (Lipinski definition) is 0. The van der Waals surface area contributed by atoms with Crippen molar-refractivity contribution < 1.29 is 19.1 Å². The van der Waals surface area contributed by atoms with E-state index in [4.69, 9.17) is 21.1 Å². The van der Waals surface area contributed by atoms with E-state index >= 15 is 0 Å². The Morgan fingerprint density at radius 1 is 1.12 bits per heavy atom. The molecule has 0 fully saturated rings. The molecule has 0 radical (unpaired) electrons. The van der Waals surface area contributed by atoms with Crippen LogP contribution in [0.15, 0.2) is 65.7 Å². The Labute approximate surface area is 158 Å². The number of carbonyl (C=O) groups excluding carboxylic acids is 2. The van der Waals surface area contributed by atoms with Crippen LogP contribution >= 0.6 is 22.9 Å². The summed E-state index contributed by atoms with van der Waals surface area (Å²) in [7, 11) is 0. The molecule has 4 rings (SSSR count). The van der Waals surface area contributed by atoms with E-state index in [2.05, 4.69) is 0 Å². The first-order valence-corrected chi connectivity index (χ1v) is 8.95. The maximum Gasteiger partial charge on any atom is 0.343 e. The molecule has 0 saturated heterocycles. The largest absolute Gasteiger partial charge is 0.452 e. The number of esters is 1. The highest BCUT2D eigenvalue weighted by molar-refractivity contribution is 7.10. The number of Topliss-reactive ketones (excluding diaryl/α,β-unsaturated/α-hetero) is 1. The molecule has 0 aliphatic carbocycles. The molecule has 0 atom stereocenters. The zero-order chi connectivity index (χ0) is 18.1. The summed E-state index contributed by atoms with van der Waals surface area (Å²) in [5, 5.41) is 2.46. The number of rotatable bonds is 3. The van der Waals surface area contributed by atoms with Gasteiger partial charge in [-0.2, -0.15) is 0 Å². The smallest absolute Gasteiger partial charge is 0.343 e. The molecule has 2 heterocycles. The standard InChI is InChI=1S/C20H11ClO4S/c21-13-5-3-12(4-6-13)20(23)24-14-7-8-16-17(10-14)25-18(19(16)22)11-15-2-1-9-26-15/h1-11H. The Morgan fingerprint density at radius 2 is 1.92 bits per heavy atom. The highest BCUT2D eigenvalue weighted by Gasteiger charge is 2.28. The third-order valence-corrected chi connectivity index (χ3v) is 4.82. The SMILES string of the molecule is O=C(Oc1ccc2c(c1)OC(=Cc1cccs1)C2=O)c1ccc(Cl)cc1. The summed E-state index contributed by atoms with van der Waals surface area (Å²) in [6.45, 7) is 0. The summed E-state index contributed by atoms with van der Waals surface area (Å²) in [4.78, 5) is 25.5. The molecule has 3 aromatic rings. The molecule has 1 aliphatic rings. The quantitative estimate of drug-likeness (QED) is 0.353. The van der Waals surface area contributed by atoms with Gasteiger partial charge in [0.2, 0.25) is 5.78 Å². The van der Waals surface area contributed by atoms with E-state index < -0.39 is 5.97 Å². The van der Waals surface area contributed by atoms with Gasteiger partial charge in [0, 0.05) is 22.0 Å². The molecule has 0 bridgehead atoms. The van der Waals surface area contributed by atoms with Crippen LogP contribution in [0.2, 0.25) is 5.02 Å². The molecule has 0 saturated carbocycles. The summed E-state index contributed by atoms with van der Waals surface area (Å²) >= 11 is 7.33. The molecule has 2 aromatic carbocycles. The van der Waals surface area contributed by atoms with Gasteiger partial charge in [0.1, 0.15) is 11.5 Å². The summed E-state index contributed by atoms with van der Waals surface area (Å²) in [5.41, 5.74) is 0.823. The van der Waals surface area contributed by atoms with Crippen molar-refractivity contribution >= 4 is 40.8 Å². The van der Waals surface area contributed by atoms with Gasteiger partial charge in [-0.1, -0.05) is 17.7 Å². The molecular weight excluding hydrogens is 372 g/mol. The van der Waals surface area contributed by atoms with E-state index in [0.29, 0.717) is 27.6 Å². The zero-order valence-electron chi connectivity index (χ0n) is 13.3. The fourth-order valence-corrected chi connectivity index (χ4v) is 3.26. The van der Waals surface area contributed by atoms with Crippen molar-refractivity contribution in [1.82, 2.24) is 0 Å². The molecule has 1 aromatic heterocycles. The van der Waals surface area contributed by atoms with E-state index in [9.17, 15) is 9.59 Å². The van der Waals surface area contributed by atoms with E-state index in [-0.39, 0.29) is 11.5 Å². The Bertz CT molecular complexity index is 1020. The maximum absolute atomic E-state index is 12.4. The Morgan fingerprint density at radius 3 is 2.65 bits per heavy atom. The van der Waals surface area contributed by atoms with Crippen LogP contribution in [0.25, 0.3) is 6.08 Å². The number of halogens is 1. The van der Waals surface area contributed by atoms with Crippen molar-refractivity contribution in [1.29, 1.82) is 0 Å². The van der Waals surface area contributed by atoms with Crippen LogP contribution in [0.4, 0.5) is 0 Å². The number of allylic oxidation sites excluding steroid dienone is 1. The number of thiophene rings is 1. The lowest BCUT2D eigenvalue weighted by Gasteiger charge is -2.05. The molecule has 0 spiro atoms. The fourth-order valence-electron chi connectivity index (χ4n) is 2.49. The third kappa shape index (κ3) is 3.27. The Kier molecular flexibility index (Phi) is 4.32. The first-order valence-electron chi connectivity index (χ1n) is 7.70. The van der Waals surface area contributed by atoms with Gasteiger partial charge >= 0.3 is 5.97 Å². The first-order chi connectivity index (χ1) is 12.6. The highest BCUT2D eigenvalue weighted by Crippen LogP contribution is 2.35. The molecule has 26 heavy (non-hydrogen) atoms. The lowest BCUT2D eigenvalue weighted by molar-refractivity contribution is 0.0734. The number of hydrogen-bond acceptors (Lipinski definition) is 5. The van der Waals surface area contributed by atoms with Crippen LogP contribution in [0.5, 0.6) is 11.5 Å². The lowest BCUT2D eigenvalue weighted by Crippen LogP contribution is -2.08. The second-order valence-electron chi connectivity index (χ2n) is 5.51. The zero-order valence-corrected chi connectivity index (χ0v) is 14.8. The maximum atomic E-state index is 12.4. The van der Waals surface area contributed by atoms with E-state index in [1.807, 2.05) is 17.5 Å². The van der Waals surface area contributed by atoms with Gasteiger partial charge in [0.05, 0.1) is 11.1 Å². The van der Waals surface area contributed by atoms with Crippen LogP contribution in [0.1, 0.15) is 25.6 Å². The van der Waals surface area contributed by atoms with E-state index in [0.717, 1.165) is 4.88 Å². The summed E-state index contributed by atoms with van der Waals surface area (Å²) in [6.07, 6.45) is 1.70. The third-order valence-electron chi connectivity index (χ3n) is 3.75. The Balaban J connectivity index is 1.55. The average Bonchev–Trinajstić information content (AvgIpc) is 3.24. The van der Waals surface area contributed by atoms with E-state index in [1.54, 1.807) is 42.5 Å². The second kappa shape index (κ2) is 6.78. The molecule has 0 unspecified atom stereocenters. The van der Waals surface area contributed by atoms with Crippen LogP contribution in [-0.4, -0.2) is 11.8 Å². The van der Waals surface area contributed by atoms with Crippen LogP contribution in [0.3, 0.4) is 0 Å². The molecule has 0 amide bonds. The van der Waals surface area contributed by atoms with Crippen molar-refractivity contribution in [3.05, 3.63) is 86.8 Å². The van der Waals surface area contributed by atoms with Gasteiger partial charge in [-0.05, 0) is 47.8 Å².